The van der Waals surface area contributed by atoms with Crippen LogP contribution in [-0.4, -0.2) is 36.2 Å². The van der Waals surface area contributed by atoms with Crippen molar-refractivity contribution in [2.24, 2.45) is 5.92 Å². The Morgan fingerprint density at radius 2 is 2.37 bits per heavy atom. The Kier molecular flexibility index (Phi) is 3.37. The number of pyridine rings is 1. The van der Waals surface area contributed by atoms with Crippen molar-refractivity contribution in [3.8, 4) is 0 Å². The molecule has 0 bridgehead atoms. The van der Waals surface area contributed by atoms with Gasteiger partial charge in [0.2, 0.25) is 0 Å². The summed E-state index contributed by atoms with van der Waals surface area (Å²) in [6, 6.07) is 3.68. The number of aryl methyl sites for hydroxylation is 1. The minimum atomic E-state index is -0.208. The van der Waals surface area contributed by atoms with Crippen molar-refractivity contribution in [2.75, 3.05) is 19.8 Å². The van der Waals surface area contributed by atoms with Crippen molar-refractivity contribution in [3.05, 3.63) is 29.6 Å². The molecule has 2 aliphatic heterocycles. The van der Waals surface area contributed by atoms with Crippen LogP contribution in [0.2, 0.25) is 0 Å². The van der Waals surface area contributed by atoms with Gasteiger partial charge in [0.05, 0.1) is 12.2 Å². The number of hydrogen-bond acceptors (Lipinski definition) is 4. The number of hydrogen-bond donors (Lipinski definition) is 0. The molecule has 3 rings (SSSR count). The minimum absolute atomic E-state index is 0.0530. The third-order valence-electron chi connectivity index (χ3n) is 4.11. The Morgan fingerprint density at radius 3 is 3.11 bits per heavy atom. The molecule has 0 amide bonds. The van der Waals surface area contributed by atoms with E-state index in [2.05, 4.69) is 4.98 Å². The Hall–Kier alpha value is -1.26. The fourth-order valence-corrected chi connectivity index (χ4v) is 3.05. The van der Waals surface area contributed by atoms with E-state index in [1.165, 1.54) is 0 Å². The molecule has 19 heavy (non-hydrogen) atoms. The highest BCUT2D eigenvalue weighted by Crippen LogP contribution is 2.37. The van der Waals surface area contributed by atoms with Gasteiger partial charge in [0.25, 0.3) is 0 Å². The monoisotopic (exact) mass is 261 g/mol. The van der Waals surface area contributed by atoms with Crippen LogP contribution in [0.4, 0.5) is 0 Å². The molecule has 0 saturated carbocycles. The topological polar surface area (TPSA) is 48.4 Å². The summed E-state index contributed by atoms with van der Waals surface area (Å²) in [5.41, 5.74) is 1.45. The van der Waals surface area contributed by atoms with E-state index in [0.29, 0.717) is 13.2 Å². The molecule has 0 radical (unpaired) electrons. The van der Waals surface area contributed by atoms with Crippen molar-refractivity contribution in [2.45, 2.75) is 31.8 Å². The normalized spacial score (nSPS) is 30.7. The molecule has 2 fully saturated rings. The third-order valence-corrected chi connectivity index (χ3v) is 4.11. The van der Waals surface area contributed by atoms with Gasteiger partial charge in [0.1, 0.15) is 0 Å². The fraction of sp³-hybridized carbons (Fsp3) is 0.600. The predicted molar refractivity (Wildman–Crippen MR) is 70.1 cm³/mol. The summed E-state index contributed by atoms with van der Waals surface area (Å²) in [6.07, 6.45) is 4.21. The van der Waals surface area contributed by atoms with Crippen LogP contribution in [0, 0.1) is 12.8 Å². The van der Waals surface area contributed by atoms with Crippen LogP contribution in [0.15, 0.2) is 18.3 Å². The average Bonchev–Trinajstić information content (AvgIpc) is 2.86. The lowest BCUT2D eigenvalue weighted by Gasteiger charge is -2.36. The van der Waals surface area contributed by atoms with Gasteiger partial charge in [-0.3, -0.25) is 9.78 Å². The molecule has 1 spiro atoms. The van der Waals surface area contributed by atoms with Gasteiger partial charge in [-0.1, -0.05) is 0 Å². The van der Waals surface area contributed by atoms with Crippen molar-refractivity contribution in [1.29, 1.82) is 0 Å². The molecule has 1 aromatic rings. The number of ether oxygens (including phenoxy) is 2. The largest absolute Gasteiger partial charge is 0.378 e. The van der Waals surface area contributed by atoms with Crippen LogP contribution in [-0.2, 0) is 9.47 Å². The quantitative estimate of drug-likeness (QED) is 0.765. The van der Waals surface area contributed by atoms with Gasteiger partial charge < -0.3 is 9.47 Å². The Bertz CT molecular complexity index is 480. The van der Waals surface area contributed by atoms with Crippen molar-refractivity contribution in [1.82, 2.24) is 4.98 Å². The van der Waals surface area contributed by atoms with Crippen LogP contribution in [0.3, 0.4) is 0 Å². The first kappa shape index (κ1) is 12.8. The molecular weight excluding hydrogens is 242 g/mol. The summed E-state index contributed by atoms with van der Waals surface area (Å²) in [4.78, 5) is 16.7. The number of rotatable bonds is 2. The van der Waals surface area contributed by atoms with Gasteiger partial charge in [-0.15, -0.1) is 0 Å². The fourth-order valence-electron chi connectivity index (χ4n) is 3.05. The highest BCUT2D eigenvalue weighted by Gasteiger charge is 2.42. The molecule has 2 unspecified atom stereocenters. The second-order valence-corrected chi connectivity index (χ2v) is 5.57. The number of ketones is 1. The van der Waals surface area contributed by atoms with Gasteiger partial charge in [-0.05, 0) is 31.9 Å². The summed E-state index contributed by atoms with van der Waals surface area (Å²) < 4.78 is 11.3. The zero-order valence-electron chi connectivity index (χ0n) is 11.2. The molecule has 1 aromatic heterocycles. The van der Waals surface area contributed by atoms with Gasteiger partial charge in [-0.25, -0.2) is 0 Å². The lowest BCUT2D eigenvalue weighted by Crippen LogP contribution is -2.42. The van der Waals surface area contributed by atoms with E-state index in [4.69, 9.17) is 9.47 Å². The van der Waals surface area contributed by atoms with Crippen LogP contribution >= 0.6 is 0 Å². The first-order valence-electron chi connectivity index (χ1n) is 6.87. The second kappa shape index (κ2) is 5.02. The summed E-state index contributed by atoms with van der Waals surface area (Å²) >= 11 is 0. The lowest BCUT2D eigenvalue weighted by atomic mass is 9.81. The van der Waals surface area contributed by atoms with Crippen molar-refractivity contribution in [3.63, 3.8) is 0 Å². The van der Waals surface area contributed by atoms with Gasteiger partial charge in [0, 0.05) is 43.0 Å². The maximum Gasteiger partial charge on any atom is 0.166 e. The van der Waals surface area contributed by atoms with Crippen molar-refractivity contribution < 1.29 is 14.3 Å². The number of carbonyl (C=O) groups excluding carboxylic acids is 1. The van der Waals surface area contributed by atoms with Crippen LogP contribution < -0.4 is 0 Å². The molecule has 2 atom stereocenters. The summed E-state index contributed by atoms with van der Waals surface area (Å²) in [7, 11) is 0. The van der Waals surface area contributed by atoms with Crippen LogP contribution in [0.1, 0.15) is 35.3 Å². The Balaban J connectivity index is 1.76. The van der Waals surface area contributed by atoms with Crippen LogP contribution in [0.25, 0.3) is 0 Å². The van der Waals surface area contributed by atoms with E-state index in [0.717, 1.165) is 37.1 Å². The van der Waals surface area contributed by atoms with Crippen molar-refractivity contribution >= 4 is 5.78 Å². The minimum Gasteiger partial charge on any atom is -0.378 e. The molecule has 2 aliphatic rings. The van der Waals surface area contributed by atoms with Crippen LogP contribution in [0.5, 0.6) is 0 Å². The number of nitrogens with zero attached hydrogens (tertiary/aromatic N) is 1. The first-order valence-corrected chi connectivity index (χ1v) is 6.87. The smallest absolute Gasteiger partial charge is 0.166 e. The molecule has 0 aliphatic carbocycles. The van der Waals surface area contributed by atoms with E-state index < -0.39 is 0 Å². The summed E-state index contributed by atoms with van der Waals surface area (Å²) in [5.74, 6) is 0.275. The maximum absolute atomic E-state index is 12.6. The van der Waals surface area contributed by atoms with E-state index >= 15 is 0 Å². The molecule has 4 heteroatoms. The number of Topliss-reactive ketones (excluding diaryl/α,β-unsaturated/α-hetero) is 1. The molecule has 2 saturated heterocycles. The SMILES string of the molecule is Cc1cc(C(=O)C2CCOC3(CCOC3)C2)ccn1. The molecular formula is C15H19NO3. The van der Waals surface area contributed by atoms with Gasteiger partial charge in [-0.2, -0.15) is 0 Å². The highest BCUT2D eigenvalue weighted by atomic mass is 16.6. The summed E-state index contributed by atoms with van der Waals surface area (Å²) in [6.45, 7) is 3.94. The maximum atomic E-state index is 12.6. The predicted octanol–water partition coefficient (Wildman–Crippen LogP) is 2.16. The van der Waals surface area contributed by atoms with E-state index in [-0.39, 0.29) is 17.3 Å². The molecule has 0 N–H and O–H groups in total. The zero-order valence-corrected chi connectivity index (χ0v) is 11.2. The van der Waals surface area contributed by atoms with E-state index in [1.54, 1.807) is 6.20 Å². The first-order chi connectivity index (χ1) is 9.19. The molecule has 4 nitrogen and oxygen atoms in total. The molecule has 0 aromatic carbocycles. The number of aromatic nitrogens is 1. The highest BCUT2D eigenvalue weighted by molar-refractivity contribution is 5.98. The average molecular weight is 261 g/mol. The Labute approximate surface area is 113 Å². The lowest BCUT2D eigenvalue weighted by molar-refractivity contribution is -0.0920. The summed E-state index contributed by atoms with van der Waals surface area (Å²) in [5, 5.41) is 0. The molecule has 102 valence electrons. The molecule has 3 heterocycles. The second-order valence-electron chi connectivity index (χ2n) is 5.57. The Morgan fingerprint density at radius 1 is 1.47 bits per heavy atom. The number of carbonyl (C=O) groups is 1. The van der Waals surface area contributed by atoms with Gasteiger partial charge in [0.15, 0.2) is 5.78 Å². The van der Waals surface area contributed by atoms with E-state index in [1.807, 2.05) is 19.1 Å². The van der Waals surface area contributed by atoms with Gasteiger partial charge >= 0.3 is 0 Å². The zero-order chi connectivity index (χ0) is 13.3. The van der Waals surface area contributed by atoms with E-state index in [9.17, 15) is 4.79 Å². The third kappa shape index (κ3) is 2.55. The standard InChI is InChI=1S/C15H19NO3/c1-11-8-12(2-5-16-11)14(17)13-3-6-19-15(9-13)4-7-18-10-15/h2,5,8,13H,3-4,6-7,9-10H2,1H3.